The average Bonchev–Trinajstić information content (AvgIpc) is 2.31. The summed E-state index contributed by atoms with van der Waals surface area (Å²) in [6, 6.07) is 0. The number of carbonyl (C=O) groups is 1. The first-order valence-electron chi connectivity index (χ1n) is 6.70. The second-order valence-corrected chi connectivity index (χ2v) is 5.17. The highest BCUT2D eigenvalue weighted by molar-refractivity contribution is 7.81. The number of carboxylic acids is 1. The summed E-state index contributed by atoms with van der Waals surface area (Å²) in [4.78, 5) is 10.5. The van der Waals surface area contributed by atoms with Gasteiger partial charge in [-0.05, 0) is 12.8 Å². The fourth-order valence-electron chi connectivity index (χ4n) is 1.81. The van der Waals surface area contributed by atoms with Crippen LogP contribution in [0.4, 0.5) is 0 Å². The molecule has 0 spiro atoms. The van der Waals surface area contributed by atoms with Crippen molar-refractivity contribution in [1.29, 1.82) is 0 Å². The van der Waals surface area contributed by atoms with Crippen LogP contribution in [0.3, 0.4) is 0 Å². The molecule has 0 radical (unpaired) electrons. The van der Waals surface area contributed by atoms with Crippen LogP contribution < -0.4 is 0 Å². The third-order valence-corrected chi connectivity index (χ3v) is 3.40. The molecule has 0 aliphatic carbocycles. The SMILES string of the molecule is O=C(O)C(S)CCCCCCCCCCCO. The van der Waals surface area contributed by atoms with Gasteiger partial charge in [0, 0.05) is 6.61 Å². The molecule has 3 nitrogen and oxygen atoms in total. The van der Waals surface area contributed by atoms with Gasteiger partial charge in [-0.25, -0.2) is 0 Å². The molecule has 0 aromatic carbocycles. The van der Waals surface area contributed by atoms with Gasteiger partial charge in [-0.2, -0.15) is 12.6 Å². The van der Waals surface area contributed by atoms with Gasteiger partial charge in [0.2, 0.25) is 0 Å². The molecule has 0 rings (SSSR count). The minimum absolute atomic E-state index is 0.314. The second-order valence-electron chi connectivity index (χ2n) is 4.55. The van der Waals surface area contributed by atoms with Gasteiger partial charge in [0.1, 0.15) is 0 Å². The molecule has 0 aromatic rings. The van der Waals surface area contributed by atoms with Gasteiger partial charge >= 0.3 is 5.97 Å². The fraction of sp³-hybridized carbons (Fsp3) is 0.923. The third-order valence-electron chi connectivity index (χ3n) is 2.92. The zero-order valence-corrected chi connectivity index (χ0v) is 11.5. The molecule has 2 N–H and O–H groups in total. The van der Waals surface area contributed by atoms with Gasteiger partial charge < -0.3 is 10.2 Å². The highest BCUT2D eigenvalue weighted by Gasteiger charge is 2.10. The van der Waals surface area contributed by atoms with E-state index in [0.29, 0.717) is 13.0 Å². The van der Waals surface area contributed by atoms with E-state index in [9.17, 15) is 4.79 Å². The zero-order chi connectivity index (χ0) is 12.9. The van der Waals surface area contributed by atoms with E-state index in [4.69, 9.17) is 10.2 Å². The molecule has 1 unspecified atom stereocenters. The first kappa shape index (κ1) is 16.8. The molecular formula is C13H26O3S. The van der Waals surface area contributed by atoms with Gasteiger partial charge in [0.25, 0.3) is 0 Å². The molecule has 0 heterocycles. The maximum Gasteiger partial charge on any atom is 0.316 e. The summed E-state index contributed by atoms with van der Waals surface area (Å²) >= 11 is 4.00. The van der Waals surface area contributed by atoms with Crippen molar-refractivity contribution in [1.82, 2.24) is 0 Å². The number of unbranched alkanes of at least 4 members (excludes halogenated alkanes) is 8. The van der Waals surface area contributed by atoms with E-state index in [1.54, 1.807) is 0 Å². The summed E-state index contributed by atoms with van der Waals surface area (Å²) < 4.78 is 0. The van der Waals surface area contributed by atoms with Crippen molar-refractivity contribution in [3.05, 3.63) is 0 Å². The number of carboxylic acid groups (broad SMARTS) is 1. The van der Waals surface area contributed by atoms with Gasteiger partial charge in [-0.1, -0.05) is 51.4 Å². The molecule has 1 atom stereocenters. The minimum atomic E-state index is -0.808. The van der Waals surface area contributed by atoms with Crippen LogP contribution >= 0.6 is 12.6 Å². The maximum absolute atomic E-state index is 10.5. The standard InChI is InChI=1S/C13H26O3S/c14-11-9-7-5-3-1-2-4-6-8-10-12(17)13(15)16/h12,14,17H,1-11H2,(H,15,16). The van der Waals surface area contributed by atoms with Crippen molar-refractivity contribution >= 4 is 18.6 Å². The second kappa shape index (κ2) is 12.2. The quantitative estimate of drug-likeness (QED) is 0.374. The van der Waals surface area contributed by atoms with Crippen LogP contribution in [0.25, 0.3) is 0 Å². The van der Waals surface area contributed by atoms with Crippen LogP contribution in [0.15, 0.2) is 0 Å². The van der Waals surface area contributed by atoms with Crippen molar-refractivity contribution < 1.29 is 15.0 Å². The Hall–Kier alpha value is -0.220. The average molecular weight is 262 g/mol. The summed E-state index contributed by atoms with van der Waals surface area (Å²) in [5.74, 6) is -0.808. The molecule has 102 valence electrons. The van der Waals surface area contributed by atoms with Gasteiger partial charge in [-0.3, -0.25) is 4.79 Å². The lowest BCUT2D eigenvalue weighted by Gasteiger charge is -2.05. The summed E-state index contributed by atoms with van der Waals surface area (Å²) in [5, 5.41) is 16.7. The van der Waals surface area contributed by atoms with Crippen LogP contribution in [-0.4, -0.2) is 28.0 Å². The molecule has 0 aliphatic heterocycles. The summed E-state index contributed by atoms with van der Waals surface area (Å²) in [7, 11) is 0. The molecule has 0 amide bonds. The summed E-state index contributed by atoms with van der Waals surface area (Å²) in [5.41, 5.74) is 0. The first-order chi connectivity index (χ1) is 8.18. The zero-order valence-electron chi connectivity index (χ0n) is 10.6. The van der Waals surface area contributed by atoms with Gasteiger partial charge in [0.15, 0.2) is 0 Å². The van der Waals surface area contributed by atoms with Gasteiger partial charge in [-0.15, -0.1) is 0 Å². The van der Waals surface area contributed by atoms with Crippen molar-refractivity contribution in [2.24, 2.45) is 0 Å². The Labute approximate surface area is 110 Å². The number of aliphatic hydroxyl groups is 1. The van der Waals surface area contributed by atoms with Crippen molar-refractivity contribution in [3.8, 4) is 0 Å². The van der Waals surface area contributed by atoms with Crippen LogP contribution in [0.5, 0.6) is 0 Å². The summed E-state index contributed by atoms with van der Waals surface area (Å²) in [6.07, 6.45) is 11.0. The Morgan fingerprint density at radius 2 is 1.29 bits per heavy atom. The molecule has 0 saturated heterocycles. The highest BCUT2D eigenvalue weighted by atomic mass is 32.1. The Morgan fingerprint density at radius 3 is 1.71 bits per heavy atom. The smallest absolute Gasteiger partial charge is 0.316 e. The number of aliphatic carboxylic acids is 1. The van der Waals surface area contributed by atoms with Crippen molar-refractivity contribution in [2.75, 3.05) is 6.61 Å². The molecule has 0 aliphatic rings. The van der Waals surface area contributed by atoms with E-state index >= 15 is 0 Å². The number of rotatable bonds is 12. The van der Waals surface area contributed by atoms with Crippen molar-refractivity contribution in [3.63, 3.8) is 0 Å². The summed E-state index contributed by atoms with van der Waals surface area (Å²) in [6.45, 7) is 0.314. The van der Waals surface area contributed by atoms with E-state index in [1.807, 2.05) is 0 Å². The lowest BCUT2D eigenvalue weighted by atomic mass is 10.1. The molecule has 17 heavy (non-hydrogen) atoms. The van der Waals surface area contributed by atoms with Gasteiger partial charge in [0.05, 0.1) is 5.25 Å². The van der Waals surface area contributed by atoms with Crippen LogP contribution in [0.1, 0.15) is 64.2 Å². The Kier molecular flexibility index (Phi) is 12.1. The van der Waals surface area contributed by atoms with Crippen molar-refractivity contribution in [2.45, 2.75) is 69.5 Å². The van der Waals surface area contributed by atoms with E-state index in [0.717, 1.165) is 25.7 Å². The predicted octanol–water partition coefficient (Wildman–Crippen LogP) is 3.26. The van der Waals surface area contributed by atoms with Crippen LogP contribution in [0.2, 0.25) is 0 Å². The van der Waals surface area contributed by atoms with E-state index in [-0.39, 0.29) is 0 Å². The lowest BCUT2D eigenvalue weighted by Crippen LogP contribution is -2.12. The number of hydrogen-bond donors (Lipinski definition) is 3. The molecule has 4 heteroatoms. The lowest BCUT2D eigenvalue weighted by molar-refractivity contribution is -0.136. The molecule has 0 bridgehead atoms. The molecule has 0 saturated carbocycles. The Balaban J connectivity index is 3.06. The van der Waals surface area contributed by atoms with Crippen LogP contribution in [0, 0.1) is 0 Å². The Morgan fingerprint density at radius 1 is 0.882 bits per heavy atom. The predicted molar refractivity (Wildman–Crippen MR) is 73.7 cm³/mol. The number of aliphatic hydroxyl groups excluding tert-OH is 1. The van der Waals surface area contributed by atoms with E-state index in [1.165, 1.54) is 32.1 Å². The van der Waals surface area contributed by atoms with E-state index < -0.39 is 11.2 Å². The molecule has 0 aromatic heterocycles. The first-order valence-corrected chi connectivity index (χ1v) is 7.22. The largest absolute Gasteiger partial charge is 0.480 e. The molecule has 0 fully saturated rings. The Bertz CT molecular complexity index is 186. The van der Waals surface area contributed by atoms with E-state index in [2.05, 4.69) is 12.6 Å². The maximum atomic E-state index is 10.5. The normalized spacial score (nSPS) is 12.6. The molecular weight excluding hydrogens is 236 g/mol. The number of hydrogen-bond acceptors (Lipinski definition) is 3. The third kappa shape index (κ3) is 12.0. The highest BCUT2D eigenvalue weighted by Crippen LogP contribution is 2.13. The topological polar surface area (TPSA) is 57.5 Å². The number of thiol groups is 1. The monoisotopic (exact) mass is 262 g/mol. The fourth-order valence-corrected chi connectivity index (χ4v) is 1.99. The minimum Gasteiger partial charge on any atom is -0.480 e. The van der Waals surface area contributed by atoms with Crippen LogP contribution in [-0.2, 0) is 4.79 Å².